The number of hydrogen-bond donors (Lipinski definition) is 1. The molecule has 2 atom stereocenters. The van der Waals surface area contributed by atoms with Gasteiger partial charge in [0.25, 0.3) is 5.69 Å². The Kier molecular flexibility index (Phi) is 6.47. The maximum absolute atomic E-state index is 13.5. The fraction of sp³-hybridized carbons (Fsp3) is 0.360. The number of nitrogens with one attached hydrogen (secondary N) is 1. The molecule has 1 N–H and O–H groups in total. The van der Waals surface area contributed by atoms with Crippen molar-refractivity contribution in [2.24, 2.45) is 5.92 Å². The van der Waals surface area contributed by atoms with Crippen molar-refractivity contribution in [3.63, 3.8) is 0 Å². The van der Waals surface area contributed by atoms with Crippen molar-refractivity contribution < 1.29 is 19.2 Å². The second-order valence-corrected chi connectivity index (χ2v) is 9.86. The number of nitro groups is 1. The quantitative estimate of drug-likeness (QED) is 0.356. The summed E-state index contributed by atoms with van der Waals surface area (Å²) in [7, 11) is 0. The second-order valence-electron chi connectivity index (χ2n) is 8.88. The van der Waals surface area contributed by atoms with Gasteiger partial charge in [-0.25, -0.2) is 4.79 Å². The van der Waals surface area contributed by atoms with Gasteiger partial charge in [-0.2, -0.15) is 0 Å². The molecule has 0 saturated carbocycles. The Balaban J connectivity index is 1.80. The first-order valence-electron chi connectivity index (χ1n) is 10.9. The Bertz CT molecular complexity index is 1160. The topological polar surface area (TPSA) is 98.5 Å². The molecule has 8 heteroatoms. The van der Waals surface area contributed by atoms with E-state index >= 15 is 0 Å². The highest BCUT2D eigenvalue weighted by Gasteiger charge is 2.42. The number of rotatable bonds is 6. The van der Waals surface area contributed by atoms with Gasteiger partial charge in [0.1, 0.15) is 0 Å². The van der Waals surface area contributed by atoms with Gasteiger partial charge in [0.2, 0.25) is 0 Å². The Labute approximate surface area is 196 Å². The van der Waals surface area contributed by atoms with Crippen LogP contribution in [0.25, 0.3) is 0 Å². The SMILES string of the molecule is CC1=C(C(=O)OCC(C)C)[C@H](c2cccc([N+](=O)[O-])c2)C2=C(C[C@H](c3cccs3)CC2=O)N1. The second kappa shape index (κ2) is 9.31. The average molecular weight is 467 g/mol. The van der Waals surface area contributed by atoms with E-state index in [1.54, 1.807) is 30.4 Å². The summed E-state index contributed by atoms with van der Waals surface area (Å²) >= 11 is 1.63. The monoisotopic (exact) mass is 466 g/mol. The van der Waals surface area contributed by atoms with E-state index in [2.05, 4.69) is 5.32 Å². The minimum Gasteiger partial charge on any atom is -0.462 e. The molecule has 0 radical (unpaired) electrons. The summed E-state index contributed by atoms with van der Waals surface area (Å²) in [6, 6.07) is 10.2. The van der Waals surface area contributed by atoms with E-state index in [1.165, 1.54) is 12.1 Å². The highest BCUT2D eigenvalue weighted by Crippen LogP contribution is 2.46. The lowest BCUT2D eigenvalue weighted by molar-refractivity contribution is -0.384. The third-order valence-electron chi connectivity index (χ3n) is 5.96. The van der Waals surface area contributed by atoms with Crippen molar-refractivity contribution in [3.05, 3.63) is 84.9 Å². The number of carbonyl (C=O) groups is 2. The molecule has 2 aliphatic rings. The zero-order chi connectivity index (χ0) is 23.7. The smallest absolute Gasteiger partial charge is 0.336 e. The molecule has 1 aliphatic carbocycles. The fourth-order valence-electron chi connectivity index (χ4n) is 4.51. The van der Waals surface area contributed by atoms with Crippen LogP contribution in [0.1, 0.15) is 55.9 Å². The highest BCUT2D eigenvalue weighted by molar-refractivity contribution is 7.10. The van der Waals surface area contributed by atoms with Gasteiger partial charge in [-0.1, -0.05) is 32.0 Å². The third kappa shape index (κ3) is 4.61. The zero-order valence-electron chi connectivity index (χ0n) is 18.8. The molecule has 172 valence electrons. The molecule has 7 nitrogen and oxygen atoms in total. The lowest BCUT2D eigenvalue weighted by Crippen LogP contribution is -2.36. The van der Waals surface area contributed by atoms with E-state index < -0.39 is 16.8 Å². The molecule has 1 aliphatic heterocycles. The summed E-state index contributed by atoms with van der Waals surface area (Å²) < 4.78 is 5.53. The van der Waals surface area contributed by atoms with E-state index in [9.17, 15) is 19.7 Å². The van der Waals surface area contributed by atoms with Crippen LogP contribution in [0.4, 0.5) is 5.69 Å². The summed E-state index contributed by atoms with van der Waals surface area (Å²) in [6.07, 6.45) is 0.971. The number of carbonyl (C=O) groups excluding carboxylic acids is 2. The Morgan fingerprint density at radius 2 is 2.06 bits per heavy atom. The standard InChI is InChI=1S/C25H26N2O5S/c1-14(2)13-32-25(29)22-15(3)26-19-11-17(21-8-5-9-33-21)12-20(28)24(19)23(22)16-6-4-7-18(10-16)27(30)31/h4-10,14,17,23,26H,11-13H2,1-3H3/t17-,23-/m0/s1. The number of ether oxygens (including phenoxy) is 1. The maximum atomic E-state index is 13.5. The molecule has 0 bridgehead atoms. The van der Waals surface area contributed by atoms with Gasteiger partial charge in [-0.3, -0.25) is 14.9 Å². The van der Waals surface area contributed by atoms with Crippen molar-refractivity contribution >= 4 is 28.8 Å². The number of Topliss-reactive ketones (excluding diaryl/α,β-unsaturated/α-hetero) is 1. The number of esters is 1. The van der Waals surface area contributed by atoms with E-state index in [0.29, 0.717) is 35.2 Å². The van der Waals surface area contributed by atoms with Crippen LogP contribution in [-0.4, -0.2) is 23.3 Å². The first kappa shape index (κ1) is 22.9. The molecular formula is C25H26N2O5S. The van der Waals surface area contributed by atoms with Crippen LogP contribution < -0.4 is 5.32 Å². The minimum absolute atomic E-state index is 0.0553. The van der Waals surface area contributed by atoms with Crippen molar-refractivity contribution in [2.45, 2.75) is 45.4 Å². The number of nitrogens with zero attached hydrogens (tertiary/aromatic N) is 1. The van der Waals surface area contributed by atoms with Crippen LogP contribution in [-0.2, 0) is 14.3 Å². The molecular weight excluding hydrogens is 440 g/mol. The molecule has 0 saturated heterocycles. The Morgan fingerprint density at radius 3 is 2.73 bits per heavy atom. The molecule has 1 aromatic carbocycles. The van der Waals surface area contributed by atoms with Crippen molar-refractivity contribution in [1.82, 2.24) is 5.32 Å². The highest BCUT2D eigenvalue weighted by atomic mass is 32.1. The normalized spacial score (nSPS) is 20.5. The van der Waals surface area contributed by atoms with Gasteiger partial charge in [0.15, 0.2) is 5.78 Å². The molecule has 0 unspecified atom stereocenters. The van der Waals surface area contributed by atoms with Crippen LogP contribution in [0.2, 0.25) is 0 Å². The first-order chi connectivity index (χ1) is 15.8. The van der Waals surface area contributed by atoms with E-state index in [4.69, 9.17) is 4.74 Å². The first-order valence-corrected chi connectivity index (χ1v) is 11.8. The number of dihydropyridines is 1. The average Bonchev–Trinajstić information content (AvgIpc) is 3.31. The molecule has 0 fully saturated rings. The van der Waals surface area contributed by atoms with Gasteiger partial charge in [0, 0.05) is 52.2 Å². The number of ketones is 1. The number of non-ortho nitro benzene ring substituents is 1. The van der Waals surface area contributed by atoms with Crippen molar-refractivity contribution in [3.8, 4) is 0 Å². The van der Waals surface area contributed by atoms with Crippen LogP contribution in [0, 0.1) is 16.0 Å². The van der Waals surface area contributed by atoms with E-state index in [1.807, 2.05) is 31.4 Å². The van der Waals surface area contributed by atoms with Crippen LogP contribution >= 0.6 is 11.3 Å². The van der Waals surface area contributed by atoms with Gasteiger partial charge in [-0.05, 0) is 36.3 Å². The van der Waals surface area contributed by atoms with Crippen LogP contribution in [0.15, 0.2) is 64.3 Å². The van der Waals surface area contributed by atoms with Gasteiger partial charge >= 0.3 is 5.97 Å². The zero-order valence-corrected chi connectivity index (χ0v) is 19.6. The summed E-state index contributed by atoms with van der Waals surface area (Å²) in [5.74, 6) is -1.06. The summed E-state index contributed by atoms with van der Waals surface area (Å²) in [4.78, 5) is 38.7. The van der Waals surface area contributed by atoms with Gasteiger partial charge in [-0.15, -0.1) is 11.3 Å². The fourth-order valence-corrected chi connectivity index (χ4v) is 5.34. The Hall–Kier alpha value is -3.26. The van der Waals surface area contributed by atoms with Gasteiger partial charge in [0.05, 0.1) is 17.1 Å². The summed E-state index contributed by atoms with van der Waals surface area (Å²) in [6.45, 7) is 5.93. The van der Waals surface area contributed by atoms with Crippen molar-refractivity contribution in [2.75, 3.05) is 6.61 Å². The number of allylic oxidation sites excluding steroid dienone is 3. The predicted octanol–water partition coefficient (Wildman–Crippen LogP) is 5.22. The Morgan fingerprint density at radius 1 is 1.27 bits per heavy atom. The van der Waals surface area contributed by atoms with E-state index in [0.717, 1.165) is 10.6 Å². The predicted molar refractivity (Wildman–Crippen MR) is 126 cm³/mol. The lowest BCUT2D eigenvalue weighted by atomic mass is 9.72. The van der Waals surface area contributed by atoms with E-state index in [-0.39, 0.29) is 29.9 Å². The number of nitro benzene ring substituents is 1. The molecule has 4 rings (SSSR count). The van der Waals surface area contributed by atoms with Gasteiger partial charge < -0.3 is 10.1 Å². The molecule has 0 amide bonds. The number of hydrogen-bond acceptors (Lipinski definition) is 7. The van der Waals surface area contributed by atoms with Crippen molar-refractivity contribution in [1.29, 1.82) is 0 Å². The lowest BCUT2D eigenvalue weighted by Gasteiger charge is -2.36. The van der Waals surface area contributed by atoms with Crippen LogP contribution in [0.3, 0.4) is 0 Å². The molecule has 0 spiro atoms. The largest absolute Gasteiger partial charge is 0.462 e. The summed E-state index contributed by atoms with van der Waals surface area (Å²) in [5.41, 5.74) is 2.68. The molecule has 33 heavy (non-hydrogen) atoms. The summed E-state index contributed by atoms with van der Waals surface area (Å²) in [5, 5.41) is 16.7. The number of thiophene rings is 1. The third-order valence-corrected chi connectivity index (χ3v) is 6.99. The molecule has 1 aromatic heterocycles. The van der Waals surface area contributed by atoms with Crippen LogP contribution in [0.5, 0.6) is 0 Å². The maximum Gasteiger partial charge on any atom is 0.336 e. The molecule has 2 heterocycles. The molecule has 2 aromatic rings. The minimum atomic E-state index is -0.711. The number of benzene rings is 1.